The normalized spacial score (nSPS) is 12.9. The van der Waals surface area contributed by atoms with E-state index in [2.05, 4.69) is 10.3 Å². The third-order valence-electron chi connectivity index (χ3n) is 4.31. The second-order valence-electron chi connectivity index (χ2n) is 6.08. The van der Waals surface area contributed by atoms with E-state index >= 15 is 0 Å². The Labute approximate surface area is 159 Å². The SMILES string of the molecule is O=C(Nc1ccc2c(c1)OCCO2)c1csc2nc(-c3ccccc3)cn12. The molecule has 5 rings (SSSR count). The Morgan fingerprint density at radius 3 is 2.74 bits per heavy atom. The average Bonchev–Trinajstić information content (AvgIpc) is 3.29. The number of thiazole rings is 1. The van der Waals surface area contributed by atoms with E-state index in [-0.39, 0.29) is 5.91 Å². The molecule has 0 atom stereocenters. The summed E-state index contributed by atoms with van der Waals surface area (Å²) in [4.78, 5) is 18.2. The van der Waals surface area contributed by atoms with Crippen molar-refractivity contribution < 1.29 is 14.3 Å². The number of amides is 1. The monoisotopic (exact) mass is 377 g/mol. The number of fused-ring (bicyclic) bond motifs is 2. The molecule has 3 heterocycles. The summed E-state index contributed by atoms with van der Waals surface area (Å²) in [6.45, 7) is 1.04. The van der Waals surface area contributed by atoms with Crippen LogP contribution in [0.4, 0.5) is 5.69 Å². The van der Waals surface area contributed by atoms with E-state index in [0.29, 0.717) is 36.1 Å². The molecule has 4 aromatic rings. The fourth-order valence-electron chi connectivity index (χ4n) is 3.01. The Bertz CT molecular complexity index is 1130. The third-order valence-corrected chi connectivity index (χ3v) is 5.15. The van der Waals surface area contributed by atoms with Gasteiger partial charge in [0.15, 0.2) is 16.5 Å². The minimum Gasteiger partial charge on any atom is -0.486 e. The zero-order valence-electron chi connectivity index (χ0n) is 14.2. The molecule has 27 heavy (non-hydrogen) atoms. The van der Waals surface area contributed by atoms with Crippen molar-refractivity contribution in [2.75, 3.05) is 18.5 Å². The molecule has 0 unspecified atom stereocenters. The van der Waals surface area contributed by atoms with Gasteiger partial charge in [-0.2, -0.15) is 0 Å². The molecule has 0 saturated carbocycles. The van der Waals surface area contributed by atoms with E-state index in [0.717, 1.165) is 16.2 Å². The van der Waals surface area contributed by atoms with Gasteiger partial charge in [-0.3, -0.25) is 9.20 Å². The number of ether oxygens (including phenoxy) is 2. The quantitative estimate of drug-likeness (QED) is 0.584. The summed E-state index contributed by atoms with van der Waals surface area (Å²) < 4.78 is 12.9. The molecule has 1 amide bonds. The van der Waals surface area contributed by atoms with Gasteiger partial charge in [0.1, 0.15) is 18.9 Å². The molecule has 2 aromatic carbocycles. The van der Waals surface area contributed by atoms with E-state index in [9.17, 15) is 4.79 Å². The molecule has 134 valence electrons. The predicted octanol–water partition coefficient (Wildman–Crippen LogP) is 4.09. The molecule has 1 N–H and O–H groups in total. The van der Waals surface area contributed by atoms with Crippen LogP contribution in [0.25, 0.3) is 16.2 Å². The van der Waals surface area contributed by atoms with E-state index in [4.69, 9.17) is 9.47 Å². The van der Waals surface area contributed by atoms with Gasteiger partial charge >= 0.3 is 0 Å². The first-order valence-corrected chi connectivity index (χ1v) is 9.39. The Morgan fingerprint density at radius 1 is 1.07 bits per heavy atom. The highest BCUT2D eigenvalue weighted by Gasteiger charge is 2.17. The second kappa shape index (κ2) is 6.44. The van der Waals surface area contributed by atoms with E-state index < -0.39 is 0 Å². The minimum atomic E-state index is -0.199. The van der Waals surface area contributed by atoms with Crippen LogP contribution in [0.1, 0.15) is 10.5 Å². The first-order chi connectivity index (χ1) is 13.3. The molecule has 0 radical (unpaired) electrons. The van der Waals surface area contributed by atoms with Gasteiger partial charge in [0.05, 0.1) is 5.69 Å². The standard InChI is InChI=1S/C20H15N3O3S/c24-19(21-14-6-7-17-18(10-14)26-9-8-25-17)16-12-27-20-22-15(11-23(16)20)13-4-2-1-3-5-13/h1-7,10-12H,8-9H2,(H,21,24). The summed E-state index contributed by atoms with van der Waals surface area (Å²) in [7, 11) is 0. The van der Waals surface area contributed by atoms with Crippen LogP contribution in [0.2, 0.25) is 0 Å². The molecule has 0 spiro atoms. The number of hydrogen-bond acceptors (Lipinski definition) is 5. The Morgan fingerprint density at radius 2 is 1.89 bits per heavy atom. The van der Waals surface area contributed by atoms with Crippen LogP contribution in [0, 0.1) is 0 Å². The average molecular weight is 377 g/mol. The van der Waals surface area contributed by atoms with Crippen molar-refractivity contribution >= 4 is 27.9 Å². The second-order valence-corrected chi connectivity index (χ2v) is 6.91. The number of rotatable bonds is 3. The largest absolute Gasteiger partial charge is 0.486 e. The number of nitrogens with one attached hydrogen (secondary N) is 1. The smallest absolute Gasteiger partial charge is 0.273 e. The number of nitrogens with zero attached hydrogens (tertiary/aromatic N) is 2. The van der Waals surface area contributed by atoms with Gasteiger partial charge in [-0.1, -0.05) is 30.3 Å². The molecule has 0 saturated heterocycles. The van der Waals surface area contributed by atoms with Crippen LogP contribution in [0.5, 0.6) is 11.5 Å². The van der Waals surface area contributed by atoms with Crippen molar-refractivity contribution in [3.05, 3.63) is 65.8 Å². The lowest BCUT2D eigenvalue weighted by molar-refractivity contribution is 0.102. The minimum absolute atomic E-state index is 0.199. The first-order valence-electron chi connectivity index (χ1n) is 8.51. The number of hydrogen-bond donors (Lipinski definition) is 1. The Kier molecular flexibility index (Phi) is 3.79. The van der Waals surface area contributed by atoms with Gasteiger partial charge in [-0.05, 0) is 12.1 Å². The molecule has 1 aliphatic rings. The van der Waals surface area contributed by atoms with Gasteiger partial charge in [0.25, 0.3) is 5.91 Å². The van der Waals surface area contributed by atoms with Gasteiger partial charge in [-0.15, -0.1) is 11.3 Å². The van der Waals surface area contributed by atoms with Crippen LogP contribution in [0.15, 0.2) is 60.1 Å². The summed E-state index contributed by atoms with van der Waals surface area (Å²) in [5.41, 5.74) is 3.06. The van der Waals surface area contributed by atoms with Crippen LogP contribution in [0.3, 0.4) is 0 Å². The summed E-state index contributed by atoms with van der Waals surface area (Å²) in [5, 5.41) is 4.73. The number of carbonyl (C=O) groups is 1. The number of aromatic nitrogens is 2. The van der Waals surface area contributed by atoms with Crippen molar-refractivity contribution in [3.8, 4) is 22.8 Å². The fourth-order valence-corrected chi connectivity index (χ4v) is 3.86. The van der Waals surface area contributed by atoms with Crippen LogP contribution in [-0.4, -0.2) is 28.5 Å². The maximum absolute atomic E-state index is 12.8. The summed E-state index contributed by atoms with van der Waals surface area (Å²) in [6, 6.07) is 15.3. The number of carbonyl (C=O) groups excluding carboxylic acids is 1. The van der Waals surface area contributed by atoms with Crippen molar-refractivity contribution in [2.45, 2.75) is 0 Å². The van der Waals surface area contributed by atoms with E-state index in [1.165, 1.54) is 11.3 Å². The molecule has 0 bridgehead atoms. The zero-order valence-corrected chi connectivity index (χ0v) is 15.0. The maximum Gasteiger partial charge on any atom is 0.273 e. The van der Waals surface area contributed by atoms with Crippen LogP contribution < -0.4 is 14.8 Å². The molecule has 1 aliphatic heterocycles. The lowest BCUT2D eigenvalue weighted by atomic mass is 10.2. The highest BCUT2D eigenvalue weighted by molar-refractivity contribution is 7.15. The van der Waals surface area contributed by atoms with Crippen molar-refractivity contribution in [2.24, 2.45) is 0 Å². The molecular weight excluding hydrogens is 362 g/mol. The van der Waals surface area contributed by atoms with Crippen molar-refractivity contribution in [1.29, 1.82) is 0 Å². The molecule has 0 fully saturated rings. The van der Waals surface area contributed by atoms with E-state index in [1.54, 1.807) is 18.2 Å². The first kappa shape index (κ1) is 15.9. The summed E-state index contributed by atoms with van der Waals surface area (Å²) >= 11 is 1.44. The predicted molar refractivity (Wildman–Crippen MR) is 104 cm³/mol. The number of imidazole rings is 1. The van der Waals surface area contributed by atoms with E-state index in [1.807, 2.05) is 46.3 Å². The molecule has 6 nitrogen and oxygen atoms in total. The number of anilines is 1. The fraction of sp³-hybridized carbons (Fsp3) is 0.100. The Balaban J connectivity index is 1.43. The lowest BCUT2D eigenvalue weighted by Crippen LogP contribution is -2.17. The topological polar surface area (TPSA) is 64.9 Å². The molecule has 7 heteroatoms. The highest BCUT2D eigenvalue weighted by atomic mass is 32.1. The van der Waals surface area contributed by atoms with Gasteiger partial charge in [0, 0.05) is 28.9 Å². The van der Waals surface area contributed by atoms with Crippen LogP contribution >= 0.6 is 11.3 Å². The number of benzene rings is 2. The van der Waals surface area contributed by atoms with Gasteiger partial charge in [-0.25, -0.2) is 4.98 Å². The Hall–Kier alpha value is -3.32. The molecule has 0 aliphatic carbocycles. The molecular formula is C20H15N3O3S. The summed E-state index contributed by atoms with van der Waals surface area (Å²) in [6.07, 6.45) is 1.89. The van der Waals surface area contributed by atoms with Crippen molar-refractivity contribution in [3.63, 3.8) is 0 Å². The lowest BCUT2D eigenvalue weighted by Gasteiger charge is -2.18. The van der Waals surface area contributed by atoms with Gasteiger partial charge < -0.3 is 14.8 Å². The molecule has 2 aromatic heterocycles. The van der Waals surface area contributed by atoms with Gasteiger partial charge in [0.2, 0.25) is 0 Å². The highest BCUT2D eigenvalue weighted by Crippen LogP contribution is 2.33. The zero-order chi connectivity index (χ0) is 18.2. The van der Waals surface area contributed by atoms with Crippen LogP contribution in [-0.2, 0) is 0 Å². The third kappa shape index (κ3) is 2.92. The van der Waals surface area contributed by atoms with Crippen molar-refractivity contribution in [1.82, 2.24) is 9.38 Å². The summed E-state index contributed by atoms with van der Waals surface area (Å²) in [5.74, 6) is 1.14. The maximum atomic E-state index is 12.8.